The lowest BCUT2D eigenvalue weighted by Crippen LogP contribution is -2.60. The number of pyridine rings is 2. The molecular formula is C35H28F7N9O3S. The quantitative estimate of drug-likeness (QED) is 0.175. The normalized spacial score (nSPS) is 20.1. The average molecular weight is 788 g/mol. The summed E-state index contributed by atoms with van der Waals surface area (Å²) in [6, 6.07) is 6.35. The maximum Gasteiger partial charge on any atom is 0.435 e. The van der Waals surface area contributed by atoms with Crippen LogP contribution in [0.1, 0.15) is 59.2 Å². The van der Waals surface area contributed by atoms with E-state index in [0.717, 1.165) is 12.1 Å². The maximum absolute atomic E-state index is 15.4. The maximum atomic E-state index is 15.4. The van der Waals surface area contributed by atoms with Crippen molar-refractivity contribution >= 4 is 38.4 Å². The zero-order valence-electron chi connectivity index (χ0n) is 28.7. The van der Waals surface area contributed by atoms with Crippen LogP contribution in [0.4, 0.5) is 35.9 Å². The number of hydrogen-bond acceptors (Lipinski definition) is 9. The molecule has 1 saturated heterocycles. The van der Waals surface area contributed by atoms with Gasteiger partial charge >= 0.3 is 11.9 Å². The fraction of sp³-hybridized carbons (Fsp3) is 0.371. The number of thiazole rings is 1. The highest BCUT2D eigenvalue weighted by molar-refractivity contribution is 7.22. The summed E-state index contributed by atoms with van der Waals surface area (Å²) in [6.45, 7) is 2.87. The van der Waals surface area contributed by atoms with Crippen molar-refractivity contribution < 1.29 is 40.6 Å². The van der Waals surface area contributed by atoms with E-state index in [2.05, 4.69) is 25.6 Å². The molecule has 3 atom stereocenters. The third-order valence-electron chi connectivity index (χ3n) is 10.4. The van der Waals surface area contributed by atoms with E-state index in [9.17, 15) is 36.6 Å². The molecule has 1 aromatic carbocycles. The van der Waals surface area contributed by atoms with Crippen LogP contribution in [-0.2, 0) is 29.9 Å². The monoisotopic (exact) mass is 787 g/mol. The molecule has 2 fully saturated rings. The van der Waals surface area contributed by atoms with Crippen LogP contribution in [0.25, 0.3) is 27.1 Å². The Balaban J connectivity index is 1.17. The molecule has 6 heterocycles. The second-order valence-electron chi connectivity index (χ2n) is 14.6. The Bertz CT molecular complexity index is 2620. The Hall–Kier alpha value is -5.37. The molecule has 6 aromatic rings. The molecule has 3 N–H and O–H groups in total. The Morgan fingerprint density at radius 1 is 1.11 bits per heavy atom. The third kappa shape index (κ3) is 5.83. The number of halogens is 7. The number of fused-ring (bicyclic) bond motifs is 5. The zero-order valence-corrected chi connectivity index (χ0v) is 29.5. The molecule has 0 spiro atoms. The number of aromatic amines is 1. The Labute approximate surface area is 308 Å². The van der Waals surface area contributed by atoms with Crippen molar-refractivity contribution in [2.75, 3.05) is 18.0 Å². The summed E-state index contributed by atoms with van der Waals surface area (Å²) in [5, 5.41) is 23.4. The number of β-amino-alcohol motifs (C(OH)–C–C–N with tert-alkyl or cyclic N) is 1. The van der Waals surface area contributed by atoms with E-state index in [1.54, 1.807) is 32.0 Å². The predicted octanol–water partition coefficient (Wildman–Crippen LogP) is 5.38. The molecule has 3 aliphatic rings. The highest BCUT2D eigenvalue weighted by atomic mass is 32.1. The van der Waals surface area contributed by atoms with Crippen molar-refractivity contribution in [3.8, 4) is 11.1 Å². The molecule has 9 rings (SSSR count). The van der Waals surface area contributed by atoms with Crippen molar-refractivity contribution in [3.63, 3.8) is 0 Å². The van der Waals surface area contributed by atoms with Gasteiger partial charge in [0.1, 0.15) is 23.9 Å². The molecule has 286 valence electrons. The SMILES string of the molecule is Cc1c(-c2cc3sc(N4CC(C)(O)C4)nc3nc2[C@H](Cc2cc(F)cc(F)c2)NC(=O)Cn2nc(C(F)(F)F)c3c2C(F)(F)[C@@H]2CC32)ccc2n[nH]c(=O)n12. The van der Waals surface area contributed by atoms with E-state index in [0.29, 0.717) is 56.1 Å². The first kappa shape index (κ1) is 35.3. The summed E-state index contributed by atoms with van der Waals surface area (Å²) in [6.07, 6.45) is -5.50. The van der Waals surface area contributed by atoms with E-state index in [1.807, 2.05) is 4.90 Å². The minimum absolute atomic E-state index is 0.0570. The summed E-state index contributed by atoms with van der Waals surface area (Å²) in [4.78, 5) is 37.9. The molecule has 55 heavy (non-hydrogen) atoms. The van der Waals surface area contributed by atoms with E-state index < -0.39 is 82.3 Å². The van der Waals surface area contributed by atoms with Crippen LogP contribution < -0.4 is 15.9 Å². The number of H-pyrrole nitrogens is 1. The van der Waals surface area contributed by atoms with Crippen molar-refractivity contribution in [2.45, 2.75) is 62.9 Å². The lowest BCUT2D eigenvalue weighted by molar-refractivity contribution is -0.142. The highest BCUT2D eigenvalue weighted by Crippen LogP contribution is 2.68. The number of aryl methyl sites for hydroxylation is 1. The number of carbonyl (C=O) groups is 1. The summed E-state index contributed by atoms with van der Waals surface area (Å²) in [5.74, 6) is -8.88. The molecule has 0 radical (unpaired) electrons. The van der Waals surface area contributed by atoms with Crippen LogP contribution in [0, 0.1) is 24.5 Å². The number of rotatable bonds is 8. The summed E-state index contributed by atoms with van der Waals surface area (Å²) < 4.78 is 104. The van der Waals surface area contributed by atoms with Gasteiger partial charge in [-0.3, -0.25) is 9.48 Å². The van der Waals surface area contributed by atoms with Crippen LogP contribution in [-0.4, -0.2) is 64.1 Å². The molecular weight excluding hydrogens is 759 g/mol. The number of amides is 1. The zero-order chi connectivity index (χ0) is 38.9. The Morgan fingerprint density at radius 2 is 1.84 bits per heavy atom. The standard InChI is InChI=1S/C35H28F7N9O3S/c1-14-18(3-4-24-46-47-31(53)51(14)24)19-10-23-30(45-32(55-23)49-12-33(2,54)13-49)44-27(19)22(7-15-5-16(36)8-17(37)6-15)43-25(52)11-50-29-26(28(48-50)35(40,41)42)20-9-21(20)34(29,38)39/h3-6,8,10,20-22,54H,7,9,11-13H2,1-2H3,(H,43,52)(H,47,53)/t20?,21-,22+/m1/s1. The number of nitrogens with one attached hydrogen (secondary N) is 2. The van der Waals surface area contributed by atoms with Gasteiger partial charge in [0, 0.05) is 34.4 Å². The number of nitrogens with zero attached hydrogens (tertiary/aromatic N) is 7. The van der Waals surface area contributed by atoms with Crippen molar-refractivity contribution in [3.05, 3.63) is 92.4 Å². The third-order valence-corrected chi connectivity index (χ3v) is 11.4. The van der Waals surface area contributed by atoms with E-state index in [1.165, 1.54) is 15.7 Å². The van der Waals surface area contributed by atoms with Gasteiger partial charge in [-0.2, -0.15) is 37.1 Å². The van der Waals surface area contributed by atoms with Gasteiger partial charge in [0.2, 0.25) is 5.91 Å². The molecule has 1 amide bonds. The second kappa shape index (κ2) is 11.8. The summed E-state index contributed by atoms with van der Waals surface area (Å²) in [7, 11) is 0. The predicted molar refractivity (Wildman–Crippen MR) is 183 cm³/mol. The van der Waals surface area contributed by atoms with Crippen molar-refractivity contribution in [1.82, 2.24) is 39.7 Å². The topological polar surface area (TPSA) is 146 Å². The number of aromatic nitrogens is 7. The van der Waals surface area contributed by atoms with Gasteiger partial charge in [-0.15, -0.1) is 0 Å². The van der Waals surface area contributed by atoms with Gasteiger partial charge in [-0.05, 0) is 68.5 Å². The fourth-order valence-electron chi connectivity index (χ4n) is 7.97. The molecule has 5 aromatic heterocycles. The highest BCUT2D eigenvalue weighted by Gasteiger charge is 2.68. The smallest absolute Gasteiger partial charge is 0.386 e. The lowest BCUT2D eigenvalue weighted by Gasteiger charge is -2.43. The molecule has 2 aliphatic carbocycles. The second-order valence-corrected chi connectivity index (χ2v) is 15.6. The van der Waals surface area contributed by atoms with Gasteiger partial charge < -0.3 is 15.3 Å². The van der Waals surface area contributed by atoms with Crippen molar-refractivity contribution in [2.24, 2.45) is 5.92 Å². The lowest BCUT2D eigenvalue weighted by atomic mass is 9.94. The minimum Gasteiger partial charge on any atom is -0.386 e. The van der Waals surface area contributed by atoms with Gasteiger partial charge in [0.15, 0.2) is 22.1 Å². The van der Waals surface area contributed by atoms with E-state index >= 15 is 8.78 Å². The van der Waals surface area contributed by atoms with Gasteiger partial charge in [-0.25, -0.2) is 28.1 Å². The molecule has 12 nitrogen and oxygen atoms in total. The summed E-state index contributed by atoms with van der Waals surface area (Å²) in [5.41, 5.74) is -2.69. The molecule has 1 unspecified atom stereocenters. The first-order valence-corrected chi connectivity index (χ1v) is 17.9. The Kier molecular flexibility index (Phi) is 7.59. The average Bonchev–Trinajstić information content (AvgIpc) is 3.31. The summed E-state index contributed by atoms with van der Waals surface area (Å²) >= 11 is 1.26. The van der Waals surface area contributed by atoms with Gasteiger partial charge in [-0.1, -0.05) is 11.3 Å². The molecule has 20 heteroatoms. The first-order chi connectivity index (χ1) is 25.9. The molecule has 1 saturated carbocycles. The number of hydrogen-bond donors (Lipinski definition) is 3. The van der Waals surface area contributed by atoms with Crippen LogP contribution in [0.15, 0.2) is 41.2 Å². The number of benzene rings is 1. The van der Waals surface area contributed by atoms with Gasteiger partial charge in [0.05, 0.1) is 35.1 Å². The van der Waals surface area contributed by atoms with E-state index in [4.69, 9.17) is 4.98 Å². The molecule has 1 aliphatic heterocycles. The van der Waals surface area contributed by atoms with E-state index in [-0.39, 0.29) is 29.7 Å². The number of alkyl halides is 5. The van der Waals surface area contributed by atoms with Gasteiger partial charge in [0.25, 0.3) is 5.92 Å². The fourth-order valence-corrected chi connectivity index (χ4v) is 8.92. The van der Waals surface area contributed by atoms with Crippen LogP contribution in [0.3, 0.4) is 0 Å². The Morgan fingerprint density at radius 3 is 2.53 bits per heavy atom. The largest absolute Gasteiger partial charge is 0.435 e. The number of aliphatic hydroxyl groups is 1. The molecule has 0 bridgehead atoms. The minimum atomic E-state index is -5.05. The van der Waals surface area contributed by atoms with Crippen LogP contribution in [0.2, 0.25) is 0 Å². The van der Waals surface area contributed by atoms with Crippen molar-refractivity contribution in [1.29, 1.82) is 0 Å². The first-order valence-electron chi connectivity index (χ1n) is 17.0. The number of carbonyl (C=O) groups excluding carboxylic acids is 1. The van der Waals surface area contributed by atoms with Crippen LogP contribution >= 0.6 is 11.3 Å². The number of anilines is 1. The van der Waals surface area contributed by atoms with Crippen LogP contribution in [0.5, 0.6) is 0 Å².